The Bertz CT molecular complexity index is 1120. The van der Waals surface area contributed by atoms with E-state index in [1.165, 1.54) is 29.9 Å². The maximum Gasteiger partial charge on any atom is 0.275 e. The molecule has 31 heavy (non-hydrogen) atoms. The maximum absolute atomic E-state index is 14.0. The van der Waals surface area contributed by atoms with Crippen LogP contribution >= 0.6 is 11.3 Å². The second kappa shape index (κ2) is 8.86. The van der Waals surface area contributed by atoms with Crippen LogP contribution in [-0.4, -0.2) is 45.8 Å². The predicted octanol–water partition coefficient (Wildman–Crippen LogP) is 3.30. The molecule has 3 N–H and O–H groups in total. The molecule has 2 amide bonds. The van der Waals surface area contributed by atoms with E-state index in [1.807, 2.05) is 0 Å². The second-order valence-electron chi connectivity index (χ2n) is 7.16. The summed E-state index contributed by atoms with van der Waals surface area (Å²) in [5.41, 5.74) is 6.18. The van der Waals surface area contributed by atoms with Gasteiger partial charge in [0.2, 0.25) is 0 Å². The molecule has 1 unspecified atom stereocenters. The SMILES string of the molecule is NC1CCCN(C(=O)c2cnccc2NC(=O)c2csc(-c3c(F)cccc3F)n2)C1. The van der Waals surface area contributed by atoms with Crippen LogP contribution in [0.2, 0.25) is 0 Å². The number of anilines is 1. The van der Waals surface area contributed by atoms with Crippen molar-refractivity contribution < 1.29 is 18.4 Å². The fourth-order valence-electron chi connectivity index (χ4n) is 3.42. The summed E-state index contributed by atoms with van der Waals surface area (Å²) in [4.78, 5) is 35.4. The molecule has 0 aliphatic carbocycles. The number of nitrogens with one attached hydrogen (secondary N) is 1. The van der Waals surface area contributed by atoms with Crippen molar-refractivity contribution in [2.45, 2.75) is 18.9 Å². The van der Waals surface area contributed by atoms with Crippen molar-refractivity contribution >= 4 is 28.8 Å². The number of nitrogens with two attached hydrogens (primary N) is 1. The summed E-state index contributed by atoms with van der Waals surface area (Å²) in [5.74, 6) is -2.40. The van der Waals surface area contributed by atoms with Crippen LogP contribution in [0.15, 0.2) is 42.0 Å². The van der Waals surface area contributed by atoms with Crippen LogP contribution in [0.5, 0.6) is 0 Å². The number of piperidine rings is 1. The van der Waals surface area contributed by atoms with Gasteiger partial charge in [-0.2, -0.15) is 0 Å². The maximum atomic E-state index is 14.0. The highest BCUT2D eigenvalue weighted by Crippen LogP contribution is 2.29. The van der Waals surface area contributed by atoms with Crippen molar-refractivity contribution in [3.63, 3.8) is 0 Å². The molecule has 0 bridgehead atoms. The van der Waals surface area contributed by atoms with Crippen LogP contribution in [0.1, 0.15) is 33.7 Å². The Kier molecular flexibility index (Phi) is 6.01. The third-order valence-electron chi connectivity index (χ3n) is 4.96. The molecule has 1 saturated heterocycles. The molecule has 160 valence electrons. The number of halogens is 2. The second-order valence-corrected chi connectivity index (χ2v) is 8.02. The van der Waals surface area contributed by atoms with Gasteiger partial charge in [-0.15, -0.1) is 11.3 Å². The third kappa shape index (κ3) is 4.44. The Labute approximate surface area is 180 Å². The number of hydrogen-bond acceptors (Lipinski definition) is 6. The molecule has 0 spiro atoms. The van der Waals surface area contributed by atoms with E-state index in [2.05, 4.69) is 15.3 Å². The number of carbonyl (C=O) groups excluding carboxylic acids is 2. The van der Waals surface area contributed by atoms with Gasteiger partial charge in [0, 0.05) is 36.9 Å². The molecule has 10 heteroatoms. The quantitative estimate of drug-likeness (QED) is 0.644. The van der Waals surface area contributed by atoms with Crippen molar-refractivity contribution in [1.29, 1.82) is 0 Å². The van der Waals surface area contributed by atoms with E-state index < -0.39 is 17.5 Å². The number of rotatable bonds is 4. The first-order valence-corrected chi connectivity index (χ1v) is 10.5. The number of hydrogen-bond donors (Lipinski definition) is 2. The van der Waals surface area contributed by atoms with Crippen LogP contribution in [-0.2, 0) is 0 Å². The Morgan fingerprint density at radius 1 is 1.23 bits per heavy atom. The molecule has 2 aromatic heterocycles. The van der Waals surface area contributed by atoms with Crippen molar-refractivity contribution in [2.24, 2.45) is 5.73 Å². The van der Waals surface area contributed by atoms with Crippen molar-refractivity contribution in [3.05, 3.63) is 64.9 Å². The van der Waals surface area contributed by atoms with Gasteiger partial charge in [-0.1, -0.05) is 6.07 Å². The molecular weight excluding hydrogens is 424 g/mol. The van der Waals surface area contributed by atoms with Crippen LogP contribution in [0.25, 0.3) is 10.6 Å². The minimum absolute atomic E-state index is 0.0159. The Morgan fingerprint density at radius 3 is 2.74 bits per heavy atom. The molecule has 4 rings (SSSR count). The van der Waals surface area contributed by atoms with Crippen LogP contribution in [0, 0.1) is 11.6 Å². The molecule has 1 atom stereocenters. The minimum Gasteiger partial charge on any atom is -0.337 e. The van der Waals surface area contributed by atoms with Gasteiger partial charge in [0.25, 0.3) is 11.8 Å². The number of pyridine rings is 1. The lowest BCUT2D eigenvalue weighted by Gasteiger charge is -2.31. The summed E-state index contributed by atoms with van der Waals surface area (Å²) < 4.78 is 28.0. The summed E-state index contributed by atoms with van der Waals surface area (Å²) in [6.45, 7) is 1.02. The summed E-state index contributed by atoms with van der Waals surface area (Å²) in [6, 6.07) is 4.94. The fourth-order valence-corrected chi connectivity index (χ4v) is 4.27. The first-order valence-electron chi connectivity index (χ1n) is 9.64. The molecular formula is C21H19F2N5O2S. The number of benzene rings is 1. The summed E-state index contributed by atoms with van der Waals surface area (Å²) >= 11 is 0.950. The minimum atomic E-state index is -0.761. The summed E-state index contributed by atoms with van der Waals surface area (Å²) in [5, 5.41) is 4.11. The van der Waals surface area contributed by atoms with Crippen molar-refractivity contribution in [3.8, 4) is 10.6 Å². The van der Waals surface area contributed by atoms with E-state index >= 15 is 0 Å². The zero-order chi connectivity index (χ0) is 22.0. The Hall–Kier alpha value is -3.24. The standard InChI is InChI=1S/C21H19F2N5O2S/c22-14-4-1-5-15(23)18(14)20-27-17(11-31-20)19(29)26-16-6-7-25-9-13(16)21(30)28-8-2-3-12(24)10-28/h1,4-7,9,11-12H,2-3,8,10,24H2,(H,25,26,29). The normalized spacial score (nSPS) is 16.2. The average Bonchev–Trinajstić information content (AvgIpc) is 3.23. The van der Waals surface area contributed by atoms with E-state index in [0.717, 1.165) is 36.3 Å². The molecule has 0 saturated carbocycles. The van der Waals surface area contributed by atoms with Gasteiger partial charge >= 0.3 is 0 Å². The molecule has 7 nitrogen and oxygen atoms in total. The number of likely N-dealkylation sites (tertiary alicyclic amines) is 1. The van der Waals surface area contributed by atoms with Crippen molar-refractivity contribution in [2.75, 3.05) is 18.4 Å². The lowest BCUT2D eigenvalue weighted by atomic mass is 10.1. The average molecular weight is 443 g/mol. The number of aromatic nitrogens is 2. The smallest absolute Gasteiger partial charge is 0.275 e. The molecule has 1 aliphatic heterocycles. The molecule has 1 fully saturated rings. The lowest BCUT2D eigenvalue weighted by molar-refractivity contribution is 0.0709. The van der Waals surface area contributed by atoms with Crippen LogP contribution in [0.3, 0.4) is 0 Å². The van der Waals surface area contributed by atoms with Gasteiger partial charge in [0.05, 0.1) is 16.8 Å². The zero-order valence-electron chi connectivity index (χ0n) is 16.3. The van der Waals surface area contributed by atoms with Gasteiger partial charge in [0.15, 0.2) is 0 Å². The molecule has 1 aromatic carbocycles. The fraction of sp³-hybridized carbons (Fsp3) is 0.238. The van der Waals surface area contributed by atoms with Gasteiger partial charge in [-0.05, 0) is 31.0 Å². The number of nitrogens with zero attached hydrogens (tertiary/aromatic N) is 3. The number of thiazole rings is 1. The predicted molar refractivity (Wildman–Crippen MR) is 113 cm³/mol. The van der Waals surface area contributed by atoms with Gasteiger partial charge in [-0.25, -0.2) is 13.8 Å². The highest BCUT2D eigenvalue weighted by Gasteiger charge is 2.25. The summed E-state index contributed by atoms with van der Waals surface area (Å²) in [6.07, 6.45) is 4.51. The van der Waals surface area contributed by atoms with E-state index in [9.17, 15) is 18.4 Å². The highest BCUT2D eigenvalue weighted by atomic mass is 32.1. The van der Waals surface area contributed by atoms with E-state index in [1.54, 1.807) is 4.90 Å². The van der Waals surface area contributed by atoms with E-state index in [0.29, 0.717) is 13.1 Å². The van der Waals surface area contributed by atoms with E-state index in [-0.39, 0.29) is 39.5 Å². The molecule has 3 heterocycles. The Morgan fingerprint density at radius 2 is 2.00 bits per heavy atom. The van der Waals surface area contributed by atoms with Crippen LogP contribution < -0.4 is 11.1 Å². The van der Waals surface area contributed by atoms with Gasteiger partial charge < -0.3 is 16.0 Å². The largest absolute Gasteiger partial charge is 0.337 e. The molecule has 0 radical (unpaired) electrons. The Balaban J connectivity index is 1.55. The monoisotopic (exact) mass is 443 g/mol. The van der Waals surface area contributed by atoms with Crippen LogP contribution in [0.4, 0.5) is 14.5 Å². The first-order chi connectivity index (χ1) is 14.9. The molecule has 3 aromatic rings. The first kappa shape index (κ1) is 21.0. The number of amides is 2. The number of carbonyl (C=O) groups is 2. The van der Waals surface area contributed by atoms with Gasteiger partial charge in [0.1, 0.15) is 22.3 Å². The molecule has 1 aliphatic rings. The zero-order valence-corrected chi connectivity index (χ0v) is 17.2. The highest BCUT2D eigenvalue weighted by molar-refractivity contribution is 7.13. The lowest BCUT2D eigenvalue weighted by Crippen LogP contribution is -2.45. The van der Waals surface area contributed by atoms with Crippen molar-refractivity contribution in [1.82, 2.24) is 14.9 Å². The topological polar surface area (TPSA) is 101 Å². The van der Waals surface area contributed by atoms with E-state index in [4.69, 9.17) is 5.73 Å². The van der Waals surface area contributed by atoms with Gasteiger partial charge in [-0.3, -0.25) is 14.6 Å². The third-order valence-corrected chi connectivity index (χ3v) is 5.82. The summed E-state index contributed by atoms with van der Waals surface area (Å²) in [7, 11) is 0.